The molecule has 0 aliphatic heterocycles. The molecule has 0 saturated heterocycles. The highest BCUT2D eigenvalue weighted by Gasteiger charge is 2.36. The van der Waals surface area contributed by atoms with Gasteiger partial charge in [0.1, 0.15) is 0 Å². The summed E-state index contributed by atoms with van der Waals surface area (Å²) < 4.78 is 46.0. The zero-order chi connectivity index (χ0) is 15.3. The van der Waals surface area contributed by atoms with Crippen LogP contribution >= 0.6 is 0 Å². The van der Waals surface area contributed by atoms with E-state index in [4.69, 9.17) is 4.74 Å². The highest BCUT2D eigenvalue weighted by atomic mass is 19.2. The van der Waals surface area contributed by atoms with Gasteiger partial charge in [-0.25, -0.2) is 13.2 Å². The van der Waals surface area contributed by atoms with E-state index in [0.29, 0.717) is 13.0 Å². The number of halogens is 3. The molecule has 5 heteroatoms. The van der Waals surface area contributed by atoms with Crippen molar-refractivity contribution in [2.24, 2.45) is 0 Å². The number of hydrogen-bond acceptors (Lipinski definition) is 2. The Morgan fingerprint density at radius 1 is 1.20 bits per heavy atom. The molecule has 114 valence electrons. The molecule has 20 heavy (non-hydrogen) atoms. The van der Waals surface area contributed by atoms with Gasteiger partial charge in [-0.2, -0.15) is 0 Å². The van der Waals surface area contributed by atoms with Crippen molar-refractivity contribution >= 4 is 0 Å². The van der Waals surface area contributed by atoms with E-state index in [1.165, 1.54) is 13.2 Å². The summed E-state index contributed by atoms with van der Waals surface area (Å²) in [5.74, 6) is -3.79. The Balaban J connectivity index is 3.27. The van der Waals surface area contributed by atoms with E-state index in [-0.39, 0.29) is 5.56 Å². The summed E-state index contributed by atoms with van der Waals surface area (Å²) in [7, 11) is 1.53. The van der Waals surface area contributed by atoms with Gasteiger partial charge in [-0.3, -0.25) is 0 Å². The normalized spacial score (nSPS) is 15.9. The molecule has 0 radical (unpaired) electrons. The summed E-state index contributed by atoms with van der Waals surface area (Å²) in [6, 6.07) is 1.67. The number of benzene rings is 1. The number of ether oxygens (including phenoxy) is 1. The molecular formula is C15H22F3NO. The summed E-state index contributed by atoms with van der Waals surface area (Å²) in [5, 5.41) is 3.16. The predicted molar refractivity (Wildman–Crippen MR) is 73.1 cm³/mol. The zero-order valence-electron chi connectivity index (χ0n) is 12.4. The largest absolute Gasteiger partial charge is 0.377 e. The van der Waals surface area contributed by atoms with Crippen LogP contribution in [0.4, 0.5) is 13.2 Å². The smallest absolute Gasteiger partial charge is 0.194 e. The third-order valence-electron chi connectivity index (χ3n) is 3.75. The van der Waals surface area contributed by atoms with Crippen LogP contribution in [0, 0.1) is 17.5 Å². The summed E-state index contributed by atoms with van der Waals surface area (Å²) >= 11 is 0. The number of nitrogens with one attached hydrogen (secondary N) is 1. The quantitative estimate of drug-likeness (QED) is 0.767. The minimum absolute atomic E-state index is 0.0866. The third-order valence-corrected chi connectivity index (χ3v) is 3.75. The maximum atomic E-state index is 14.0. The molecule has 2 atom stereocenters. The van der Waals surface area contributed by atoms with Gasteiger partial charge in [0.05, 0.1) is 11.6 Å². The van der Waals surface area contributed by atoms with E-state index < -0.39 is 29.1 Å². The van der Waals surface area contributed by atoms with E-state index in [9.17, 15) is 13.2 Å². The first-order valence-electron chi connectivity index (χ1n) is 6.83. The summed E-state index contributed by atoms with van der Waals surface area (Å²) in [5.41, 5.74) is -0.621. The molecule has 0 bridgehead atoms. The van der Waals surface area contributed by atoms with Crippen molar-refractivity contribution in [3.63, 3.8) is 0 Å². The van der Waals surface area contributed by atoms with E-state index >= 15 is 0 Å². The van der Waals surface area contributed by atoms with Crippen molar-refractivity contribution < 1.29 is 17.9 Å². The van der Waals surface area contributed by atoms with Gasteiger partial charge >= 0.3 is 0 Å². The molecule has 0 aliphatic carbocycles. The third kappa shape index (κ3) is 3.33. The van der Waals surface area contributed by atoms with Gasteiger partial charge in [0.2, 0.25) is 0 Å². The van der Waals surface area contributed by atoms with Crippen molar-refractivity contribution in [3.8, 4) is 0 Å². The predicted octanol–water partition coefficient (Wildman–Crippen LogP) is 3.96. The van der Waals surface area contributed by atoms with Crippen LogP contribution in [0.3, 0.4) is 0 Å². The first-order chi connectivity index (χ1) is 9.41. The Bertz CT molecular complexity index is 447. The van der Waals surface area contributed by atoms with Crippen LogP contribution in [-0.2, 0) is 4.74 Å². The number of rotatable bonds is 7. The van der Waals surface area contributed by atoms with Gasteiger partial charge in [0.25, 0.3) is 0 Å². The number of methoxy groups -OCH3 is 1. The molecule has 0 spiro atoms. The topological polar surface area (TPSA) is 21.3 Å². The molecule has 0 aliphatic rings. The first kappa shape index (κ1) is 17.0. The Morgan fingerprint density at radius 3 is 2.35 bits per heavy atom. The van der Waals surface area contributed by atoms with Crippen LogP contribution in [0.25, 0.3) is 0 Å². The average Bonchev–Trinajstić information content (AvgIpc) is 2.46. The molecule has 1 aromatic rings. The lowest BCUT2D eigenvalue weighted by molar-refractivity contribution is -0.0309. The molecular weight excluding hydrogens is 267 g/mol. The second-order valence-electron chi connectivity index (χ2n) is 5.02. The lowest BCUT2D eigenvalue weighted by Gasteiger charge is -2.37. The SMILES string of the molecule is CCCNC(c1ccc(F)c(F)c1F)C(C)(CC)OC. The van der Waals surface area contributed by atoms with E-state index in [1.54, 1.807) is 0 Å². The van der Waals surface area contributed by atoms with Gasteiger partial charge in [0, 0.05) is 12.7 Å². The molecule has 0 heterocycles. The van der Waals surface area contributed by atoms with Gasteiger partial charge in [0.15, 0.2) is 17.5 Å². The Hall–Kier alpha value is -1.07. The van der Waals surface area contributed by atoms with Gasteiger partial charge in [-0.1, -0.05) is 19.9 Å². The fourth-order valence-corrected chi connectivity index (χ4v) is 2.17. The van der Waals surface area contributed by atoms with Crippen molar-refractivity contribution in [1.29, 1.82) is 0 Å². The summed E-state index contributed by atoms with van der Waals surface area (Å²) in [6.45, 7) is 6.33. The Kier molecular flexibility index (Phi) is 6.02. The monoisotopic (exact) mass is 289 g/mol. The van der Waals surface area contributed by atoms with Gasteiger partial charge < -0.3 is 10.1 Å². The first-order valence-corrected chi connectivity index (χ1v) is 6.83. The highest BCUT2D eigenvalue weighted by molar-refractivity contribution is 5.26. The van der Waals surface area contributed by atoms with Crippen LogP contribution in [-0.4, -0.2) is 19.3 Å². The molecule has 0 aromatic heterocycles. The summed E-state index contributed by atoms with van der Waals surface area (Å²) in [4.78, 5) is 0. The van der Waals surface area contributed by atoms with Crippen molar-refractivity contribution in [2.45, 2.75) is 45.3 Å². The maximum Gasteiger partial charge on any atom is 0.194 e. The molecule has 0 saturated carbocycles. The molecule has 0 fully saturated rings. The van der Waals surface area contributed by atoms with E-state index in [1.807, 2.05) is 20.8 Å². The lowest BCUT2D eigenvalue weighted by Crippen LogP contribution is -2.43. The zero-order valence-corrected chi connectivity index (χ0v) is 12.4. The fraction of sp³-hybridized carbons (Fsp3) is 0.600. The molecule has 1 aromatic carbocycles. The lowest BCUT2D eigenvalue weighted by atomic mass is 9.87. The molecule has 2 unspecified atom stereocenters. The molecule has 0 amide bonds. The van der Waals surface area contributed by atoms with Crippen LogP contribution in [0.15, 0.2) is 12.1 Å². The summed E-state index contributed by atoms with van der Waals surface area (Å²) in [6.07, 6.45) is 1.44. The highest BCUT2D eigenvalue weighted by Crippen LogP contribution is 2.34. The average molecular weight is 289 g/mol. The van der Waals surface area contributed by atoms with Crippen molar-refractivity contribution in [2.75, 3.05) is 13.7 Å². The van der Waals surface area contributed by atoms with E-state index in [0.717, 1.165) is 12.5 Å². The second-order valence-corrected chi connectivity index (χ2v) is 5.02. The standard InChI is InChI=1S/C15H22F3NO/c1-5-9-19-14(15(3,6-2)20-4)10-7-8-11(16)13(18)12(10)17/h7-8,14,19H,5-6,9H2,1-4H3. The Labute approximate surface area is 118 Å². The fourth-order valence-electron chi connectivity index (χ4n) is 2.17. The van der Waals surface area contributed by atoms with Crippen LogP contribution in [0.1, 0.15) is 45.2 Å². The van der Waals surface area contributed by atoms with Gasteiger partial charge in [-0.05, 0) is 32.4 Å². The molecule has 2 nitrogen and oxygen atoms in total. The van der Waals surface area contributed by atoms with Crippen LogP contribution < -0.4 is 5.32 Å². The van der Waals surface area contributed by atoms with Crippen molar-refractivity contribution in [1.82, 2.24) is 5.32 Å². The molecule has 1 rings (SSSR count). The van der Waals surface area contributed by atoms with Crippen LogP contribution in [0.2, 0.25) is 0 Å². The molecule has 1 N–H and O–H groups in total. The second kappa shape index (κ2) is 7.09. The number of hydrogen-bond donors (Lipinski definition) is 1. The Morgan fingerprint density at radius 2 is 1.85 bits per heavy atom. The van der Waals surface area contributed by atoms with E-state index in [2.05, 4.69) is 5.32 Å². The maximum absolute atomic E-state index is 14.0. The van der Waals surface area contributed by atoms with Crippen LogP contribution in [0.5, 0.6) is 0 Å². The minimum Gasteiger partial charge on any atom is -0.377 e. The van der Waals surface area contributed by atoms with Gasteiger partial charge in [-0.15, -0.1) is 0 Å². The van der Waals surface area contributed by atoms with Crippen molar-refractivity contribution in [3.05, 3.63) is 35.1 Å². The minimum atomic E-state index is -1.44.